The summed E-state index contributed by atoms with van der Waals surface area (Å²) in [5.41, 5.74) is -0.322. The number of nitrogens with zero attached hydrogens (tertiary/aromatic N) is 6. The van der Waals surface area contributed by atoms with Gasteiger partial charge in [-0.3, -0.25) is 18.6 Å². The summed E-state index contributed by atoms with van der Waals surface area (Å²) in [4.78, 5) is 15.7. The summed E-state index contributed by atoms with van der Waals surface area (Å²) in [6.07, 6.45) is 3.15. The first-order valence-electron chi connectivity index (χ1n) is 12.8. The second-order valence-electron chi connectivity index (χ2n) is 10.5. The number of likely N-dealkylation sites (tertiary alicyclic amines) is 1. The molecule has 0 amide bonds. The molecule has 3 aliphatic rings. The fourth-order valence-electron chi connectivity index (χ4n) is 5.58. The van der Waals surface area contributed by atoms with Crippen molar-refractivity contribution in [3.63, 3.8) is 0 Å². The van der Waals surface area contributed by atoms with Gasteiger partial charge in [-0.2, -0.15) is 13.2 Å². The molecule has 3 aromatic rings. The third-order valence-electron chi connectivity index (χ3n) is 7.81. The lowest BCUT2D eigenvalue weighted by Crippen LogP contribution is -2.48. The number of ether oxygens (including phenoxy) is 2. The van der Waals surface area contributed by atoms with Gasteiger partial charge >= 0.3 is 24.4 Å². The largest absolute Gasteiger partial charge is 0.497 e. The van der Waals surface area contributed by atoms with Gasteiger partial charge in [0.2, 0.25) is 0 Å². The van der Waals surface area contributed by atoms with Crippen LogP contribution in [0.3, 0.4) is 0 Å². The second kappa shape index (κ2) is 10.4. The van der Waals surface area contributed by atoms with Gasteiger partial charge in [-0.15, -0.1) is 0 Å². The summed E-state index contributed by atoms with van der Waals surface area (Å²) < 4.78 is 57.9. The van der Waals surface area contributed by atoms with Crippen LogP contribution in [0.25, 0.3) is 11.2 Å². The van der Waals surface area contributed by atoms with Gasteiger partial charge in [-0.25, -0.2) is 9.37 Å². The number of pyridine rings is 1. The van der Waals surface area contributed by atoms with Crippen molar-refractivity contribution in [1.29, 1.82) is 0 Å². The first kappa shape index (κ1) is 28.0. The summed E-state index contributed by atoms with van der Waals surface area (Å²) in [5, 5.41) is 8.17. The molecule has 0 saturated carbocycles. The minimum absolute atomic E-state index is 0. The summed E-state index contributed by atoms with van der Waals surface area (Å²) in [7, 11) is 3.38. The van der Waals surface area contributed by atoms with E-state index in [9.17, 15) is 18.0 Å². The SMILES string of the molecule is COc1cc(-n2cc3c(C(F)(F)F)cc(CN4CCCC4)cn3c2=O)cc(C2(C[C]3N=NC=[N+]3C)COC2)c1.F. The average Bonchev–Trinajstić information content (AvgIpc) is 3.61. The van der Waals surface area contributed by atoms with E-state index >= 15 is 0 Å². The standard InChI is InChI=1S/C27H29F3N6O3.FH/c1-33-17-31-32-24(33)11-26(15-39-16-26)19-8-20(10-21(9-19)38-2)35-14-23-22(27(28,29)30)7-18(13-36(23)25(35)37)12-34-5-3-4-6-34;/h7-10,13-14,17H,3-6,11-12,15-16H2,1-2H3;1H/q+1;. The maximum Gasteiger partial charge on any atom is 0.418 e. The Morgan fingerprint density at radius 3 is 2.48 bits per heavy atom. The van der Waals surface area contributed by atoms with E-state index in [0.717, 1.165) is 48.1 Å². The lowest BCUT2D eigenvalue weighted by Gasteiger charge is -2.42. The zero-order valence-corrected chi connectivity index (χ0v) is 22.1. The maximum atomic E-state index is 14.2. The minimum Gasteiger partial charge on any atom is -0.497 e. The highest BCUT2D eigenvalue weighted by atomic mass is 19.4. The van der Waals surface area contributed by atoms with Gasteiger partial charge in [0, 0.05) is 36.8 Å². The summed E-state index contributed by atoms with van der Waals surface area (Å²) in [6, 6.07) is 6.51. The van der Waals surface area contributed by atoms with E-state index in [0.29, 0.717) is 43.2 Å². The Morgan fingerprint density at radius 1 is 1.12 bits per heavy atom. The molecule has 2 aromatic heterocycles. The fourth-order valence-corrected chi connectivity index (χ4v) is 5.58. The number of methoxy groups -OCH3 is 1. The number of fused-ring (bicyclic) bond motifs is 1. The molecular weight excluding hydrogens is 532 g/mol. The zero-order chi connectivity index (χ0) is 27.4. The molecule has 13 heteroatoms. The number of benzene rings is 1. The second-order valence-corrected chi connectivity index (χ2v) is 10.5. The van der Waals surface area contributed by atoms with Crippen molar-refractivity contribution in [2.45, 2.75) is 37.4 Å². The molecule has 6 rings (SSSR count). The van der Waals surface area contributed by atoms with Crippen LogP contribution in [0.5, 0.6) is 5.75 Å². The van der Waals surface area contributed by atoms with Crippen LogP contribution < -0.4 is 10.4 Å². The predicted molar refractivity (Wildman–Crippen MR) is 139 cm³/mol. The molecule has 0 spiro atoms. The quantitative estimate of drug-likeness (QED) is 0.320. The normalized spacial score (nSPS) is 19.1. The van der Waals surface area contributed by atoms with Crippen LogP contribution in [0, 0.1) is 6.17 Å². The molecule has 3 aliphatic heterocycles. The van der Waals surface area contributed by atoms with Crippen molar-refractivity contribution in [3.8, 4) is 11.4 Å². The first-order chi connectivity index (χ1) is 18.7. The fraction of sp³-hybridized carbons (Fsp3) is 0.444. The van der Waals surface area contributed by atoms with Gasteiger partial charge in [-0.1, -0.05) is 0 Å². The lowest BCUT2D eigenvalue weighted by molar-refractivity contribution is -0.478. The number of rotatable bonds is 7. The summed E-state index contributed by atoms with van der Waals surface area (Å²) in [5.74, 6) is 0.486. The number of halogens is 4. The highest BCUT2D eigenvalue weighted by Crippen LogP contribution is 2.42. The number of hydrogen-bond donors (Lipinski definition) is 0. The molecular formula is C27H30F4N6O3+. The van der Waals surface area contributed by atoms with Crippen LogP contribution in [-0.2, 0) is 22.9 Å². The van der Waals surface area contributed by atoms with E-state index < -0.39 is 22.8 Å². The minimum atomic E-state index is -4.62. The Bertz CT molecular complexity index is 1530. The van der Waals surface area contributed by atoms with Crippen LogP contribution >= 0.6 is 0 Å². The smallest absolute Gasteiger partial charge is 0.418 e. The molecule has 0 N–H and O–H groups in total. The van der Waals surface area contributed by atoms with Crippen molar-refractivity contribution in [2.75, 3.05) is 40.5 Å². The molecule has 0 unspecified atom stereocenters. The molecule has 213 valence electrons. The summed E-state index contributed by atoms with van der Waals surface area (Å²) in [6.45, 7) is 2.89. The Kier molecular flexibility index (Phi) is 7.29. The third-order valence-corrected chi connectivity index (χ3v) is 7.81. The van der Waals surface area contributed by atoms with E-state index in [1.54, 1.807) is 12.4 Å². The Morgan fingerprint density at radius 2 is 1.88 bits per heavy atom. The van der Waals surface area contributed by atoms with Crippen LogP contribution in [0.15, 0.2) is 51.7 Å². The zero-order valence-electron chi connectivity index (χ0n) is 22.1. The Labute approximate surface area is 227 Å². The Hall–Kier alpha value is -3.58. The molecule has 1 radical (unpaired) electrons. The van der Waals surface area contributed by atoms with Gasteiger partial charge in [-0.05, 0) is 60.4 Å². The van der Waals surface area contributed by atoms with Crippen LogP contribution in [0.1, 0.15) is 36.0 Å². The van der Waals surface area contributed by atoms with E-state index in [2.05, 4.69) is 15.1 Å². The monoisotopic (exact) mass is 562 g/mol. The van der Waals surface area contributed by atoms with Gasteiger partial charge in [0.25, 0.3) is 0 Å². The molecule has 1 aromatic carbocycles. The lowest BCUT2D eigenvalue weighted by atomic mass is 9.74. The van der Waals surface area contributed by atoms with E-state index in [1.165, 1.54) is 24.1 Å². The molecule has 0 bridgehead atoms. The number of aromatic nitrogens is 2. The predicted octanol–water partition coefficient (Wildman–Crippen LogP) is 4.15. The van der Waals surface area contributed by atoms with Gasteiger partial charge in [0.15, 0.2) is 0 Å². The molecule has 40 heavy (non-hydrogen) atoms. The summed E-state index contributed by atoms with van der Waals surface area (Å²) >= 11 is 0. The molecule has 9 nitrogen and oxygen atoms in total. The highest BCUT2D eigenvalue weighted by molar-refractivity contribution is 5.59. The molecule has 5 heterocycles. The topological polar surface area (TPSA) is 75.8 Å². The Balaban J connectivity index is 0.00000323. The van der Waals surface area contributed by atoms with E-state index in [4.69, 9.17) is 9.47 Å². The number of azo groups is 1. The van der Waals surface area contributed by atoms with Crippen molar-refractivity contribution in [1.82, 2.24) is 13.9 Å². The van der Waals surface area contributed by atoms with E-state index in [1.807, 2.05) is 23.8 Å². The van der Waals surface area contributed by atoms with Gasteiger partial charge in [0.1, 0.15) is 5.75 Å². The van der Waals surface area contributed by atoms with Crippen LogP contribution in [-0.4, -0.2) is 65.2 Å². The number of hydrogen-bond acceptors (Lipinski definition) is 6. The van der Waals surface area contributed by atoms with E-state index in [-0.39, 0.29) is 10.2 Å². The maximum absolute atomic E-state index is 14.2. The van der Waals surface area contributed by atoms with Crippen LogP contribution in [0.4, 0.5) is 17.9 Å². The first-order valence-corrected chi connectivity index (χ1v) is 12.8. The van der Waals surface area contributed by atoms with Gasteiger partial charge in [0.05, 0.1) is 49.3 Å². The number of alkyl halides is 3. The molecule has 0 atom stereocenters. The molecule has 2 fully saturated rings. The number of imidazole rings is 1. The van der Waals surface area contributed by atoms with Crippen molar-refractivity contribution in [3.05, 3.63) is 70.0 Å². The highest BCUT2D eigenvalue weighted by Gasteiger charge is 2.46. The van der Waals surface area contributed by atoms with Crippen molar-refractivity contribution < 1.29 is 31.9 Å². The average molecular weight is 563 g/mol. The molecule has 0 aliphatic carbocycles. The van der Waals surface area contributed by atoms with Crippen LogP contribution in [0.2, 0.25) is 0 Å². The van der Waals surface area contributed by atoms with Gasteiger partial charge < -0.3 is 9.47 Å². The van der Waals surface area contributed by atoms with Crippen molar-refractivity contribution in [2.24, 2.45) is 10.2 Å². The molecule has 2 saturated heterocycles. The van der Waals surface area contributed by atoms with Crippen molar-refractivity contribution >= 4 is 11.9 Å². The third kappa shape index (κ3) is 4.92.